The summed E-state index contributed by atoms with van der Waals surface area (Å²) in [6, 6.07) is 14.1. The number of carbonyl (C=O) groups is 2. The molecule has 2 aromatic carbocycles. The van der Waals surface area contributed by atoms with Gasteiger partial charge in [0.2, 0.25) is 5.91 Å². The Bertz CT molecular complexity index is 834. The molecule has 0 fully saturated rings. The Hall–Kier alpha value is -3.08. The second kappa shape index (κ2) is 5.73. The summed E-state index contributed by atoms with van der Waals surface area (Å²) in [5.74, 6) is -0.765. The predicted octanol–water partition coefficient (Wildman–Crippen LogP) is 2.25. The van der Waals surface area contributed by atoms with E-state index in [2.05, 4.69) is 10.3 Å². The maximum Gasteiger partial charge on any atom is 0.257 e. The molecule has 0 aliphatic heterocycles. The highest BCUT2D eigenvalue weighted by Gasteiger charge is 2.11. The van der Waals surface area contributed by atoms with Crippen molar-refractivity contribution >= 4 is 28.4 Å². The third-order valence-corrected chi connectivity index (χ3v) is 3.41. The van der Waals surface area contributed by atoms with Crippen LogP contribution in [-0.4, -0.2) is 16.8 Å². The molecule has 3 rings (SSSR count). The van der Waals surface area contributed by atoms with Crippen LogP contribution in [0.2, 0.25) is 0 Å². The molecule has 0 saturated heterocycles. The Labute approximate surface area is 127 Å². The maximum atomic E-state index is 12.0. The maximum absolute atomic E-state index is 12.0. The molecule has 3 aromatic rings. The van der Waals surface area contributed by atoms with E-state index < -0.39 is 5.91 Å². The molecular formula is C17H15N3O2. The molecule has 0 aliphatic carbocycles. The van der Waals surface area contributed by atoms with E-state index in [1.165, 1.54) is 0 Å². The van der Waals surface area contributed by atoms with Gasteiger partial charge in [0.15, 0.2) is 0 Å². The molecule has 22 heavy (non-hydrogen) atoms. The Balaban J connectivity index is 1.66. The third-order valence-electron chi connectivity index (χ3n) is 3.41. The number of nitrogens with two attached hydrogens (primary N) is 1. The number of rotatable bonds is 3. The second-order valence-corrected chi connectivity index (χ2v) is 5.08. The first-order chi connectivity index (χ1) is 10.6. The van der Waals surface area contributed by atoms with Crippen LogP contribution < -0.4 is 11.1 Å². The summed E-state index contributed by atoms with van der Waals surface area (Å²) in [6.45, 7) is 0. The Morgan fingerprint density at radius 2 is 1.82 bits per heavy atom. The molecule has 0 unspecified atom stereocenters. The van der Waals surface area contributed by atoms with Crippen LogP contribution in [0.4, 0.5) is 5.69 Å². The molecule has 0 bridgehead atoms. The van der Waals surface area contributed by atoms with Gasteiger partial charge in [0.25, 0.3) is 5.91 Å². The van der Waals surface area contributed by atoms with Crippen LogP contribution >= 0.6 is 0 Å². The van der Waals surface area contributed by atoms with Crippen molar-refractivity contribution in [2.75, 3.05) is 5.73 Å². The number of H-pyrrole nitrogens is 1. The zero-order chi connectivity index (χ0) is 15.5. The van der Waals surface area contributed by atoms with Gasteiger partial charge in [-0.3, -0.25) is 14.9 Å². The number of nitrogen functional groups attached to an aromatic ring is 1. The molecule has 0 aliphatic rings. The van der Waals surface area contributed by atoms with Crippen molar-refractivity contribution in [2.24, 2.45) is 0 Å². The van der Waals surface area contributed by atoms with Gasteiger partial charge in [0.1, 0.15) is 0 Å². The molecule has 1 heterocycles. The highest BCUT2D eigenvalue weighted by Crippen LogP contribution is 2.14. The number of imide groups is 1. The molecule has 5 heteroatoms. The van der Waals surface area contributed by atoms with Gasteiger partial charge >= 0.3 is 0 Å². The average Bonchev–Trinajstić information content (AvgIpc) is 2.95. The second-order valence-electron chi connectivity index (χ2n) is 5.08. The van der Waals surface area contributed by atoms with Crippen molar-refractivity contribution in [3.05, 3.63) is 65.9 Å². The fraction of sp³-hybridized carbons (Fsp3) is 0.0588. The minimum absolute atomic E-state index is 0.148. The van der Waals surface area contributed by atoms with Crippen LogP contribution in [0, 0.1) is 0 Å². The lowest BCUT2D eigenvalue weighted by molar-refractivity contribution is -0.119. The molecule has 5 nitrogen and oxygen atoms in total. The van der Waals surface area contributed by atoms with E-state index in [9.17, 15) is 9.59 Å². The molecular weight excluding hydrogens is 278 g/mol. The predicted molar refractivity (Wildman–Crippen MR) is 85.3 cm³/mol. The Morgan fingerprint density at radius 1 is 1.05 bits per heavy atom. The van der Waals surface area contributed by atoms with Gasteiger partial charge in [-0.05, 0) is 47.3 Å². The van der Waals surface area contributed by atoms with Crippen LogP contribution in [0.5, 0.6) is 0 Å². The molecule has 1 aromatic heterocycles. The van der Waals surface area contributed by atoms with Gasteiger partial charge in [-0.15, -0.1) is 0 Å². The van der Waals surface area contributed by atoms with Crippen molar-refractivity contribution in [2.45, 2.75) is 6.42 Å². The quantitative estimate of drug-likeness (QED) is 0.647. The van der Waals surface area contributed by atoms with Crippen molar-refractivity contribution in [1.29, 1.82) is 0 Å². The van der Waals surface area contributed by atoms with Gasteiger partial charge in [-0.2, -0.15) is 0 Å². The van der Waals surface area contributed by atoms with Gasteiger partial charge in [-0.25, -0.2) is 0 Å². The van der Waals surface area contributed by atoms with Crippen LogP contribution in [0.15, 0.2) is 54.7 Å². The van der Waals surface area contributed by atoms with Crippen LogP contribution in [0.1, 0.15) is 15.9 Å². The lowest BCUT2D eigenvalue weighted by Gasteiger charge is -2.05. The van der Waals surface area contributed by atoms with Crippen molar-refractivity contribution in [3.63, 3.8) is 0 Å². The summed E-state index contributed by atoms with van der Waals surface area (Å²) in [6.07, 6.45) is 1.99. The van der Waals surface area contributed by atoms with E-state index in [0.717, 1.165) is 16.5 Å². The van der Waals surface area contributed by atoms with E-state index in [1.807, 2.05) is 30.5 Å². The van der Waals surface area contributed by atoms with Gasteiger partial charge in [-0.1, -0.05) is 12.1 Å². The monoisotopic (exact) mass is 293 g/mol. The Kier molecular flexibility index (Phi) is 3.62. The van der Waals surface area contributed by atoms with Crippen LogP contribution in [-0.2, 0) is 11.2 Å². The van der Waals surface area contributed by atoms with E-state index in [4.69, 9.17) is 5.73 Å². The number of fused-ring (bicyclic) bond motifs is 1. The van der Waals surface area contributed by atoms with Crippen molar-refractivity contribution < 1.29 is 9.59 Å². The average molecular weight is 293 g/mol. The number of nitrogens with one attached hydrogen (secondary N) is 2. The molecule has 0 saturated carbocycles. The lowest BCUT2D eigenvalue weighted by Crippen LogP contribution is -2.31. The summed E-state index contributed by atoms with van der Waals surface area (Å²) >= 11 is 0. The number of hydrogen-bond acceptors (Lipinski definition) is 3. The first kappa shape index (κ1) is 13.9. The fourth-order valence-electron chi connectivity index (χ4n) is 2.27. The largest absolute Gasteiger partial charge is 0.399 e. The summed E-state index contributed by atoms with van der Waals surface area (Å²) < 4.78 is 0. The van der Waals surface area contributed by atoms with Gasteiger partial charge in [0.05, 0.1) is 6.42 Å². The van der Waals surface area contributed by atoms with Gasteiger partial charge in [0, 0.05) is 23.0 Å². The zero-order valence-corrected chi connectivity index (χ0v) is 11.8. The smallest absolute Gasteiger partial charge is 0.257 e. The van der Waals surface area contributed by atoms with Crippen molar-refractivity contribution in [3.8, 4) is 0 Å². The summed E-state index contributed by atoms with van der Waals surface area (Å²) in [5.41, 5.74) is 8.35. The highest BCUT2D eigenvalue weighted by atomic mass is 16.2. The number of aromatic nitrogens is 1. The van der Waals surface area contributed by atoms with E-state index >= 15 is 0 Å². The molecule has 0 atom stereocenters. The summed E-state index contributed by atoms with van der Waals surface area (Å²) in [4.78, 5) is 27.0. The number of anilines is 1. The number of amides is 2. The van der Waals surface area contributed by atoms with E-state index in [0.29, 0.717) is 11.3 Å². The molecule has 0 radical (unpaired) electrons. The highest BCUT2D eigenvalue weighted by molar-refractivity contribution is 6.05. The Morgan fingerprint density at radius 3 is 2.59 bits per heavy atom. The van der Waals surface area contributed by atoms with Crippen molar-refractivity contribution in [1.82, 2.24) is 10.3 Å². The minimum Gasteiger partial charge on any atom is -0.399 e. The first-order valence-electron chi connectivity index (χ1n) is 6.87. The SMILES string of the molecule is Nc1ccc(C(=O)NC(=O)Cc2ccc3cc[nH]c3c2)cc1. The molecule has 110 valence electrons. The number of benzene rings is 2. The standard InChI is InChI=1S/C17H15N3O2/c18-14-5-3-13(4-6-14)17(22)20-16(21)10-11-1-2-12-7-8-19-15(12)9-11/h1-9,19H,10,18H2,(H,20,21,22). The van der Waals surface area contributed by atoms with E-state index in [1.54, 1.807) is 24.3 Å². The number of carbonyl (C=O) groups excluding carboxylic acids is 2. The molecule has 2 amide bonds. The number of hydrogen-bond donors (Lipinski definition) is 3. The fourth-order valence-corrected chi connectivity index (χ4v) is 2.27. The molecule has 4 N–H and O–H groups in total. The normalized spacial score (nSPS) is 10.5. The lowest BCUT2D eigenvalue weighted by atomic mass is 10.1. The van der Waals surface area contributed by atoms with Gasteiger partial charge < -0.3 is 10.7 Å². The number of aromatic amines is 1. The zero-order valence-electron chi connectivity index (χ0n) is 11.8. The summed E-state index contributed by atoms with van der Waals surface area (Å²) in [7, 11) is 0. The molecule has 0 spiro atoms. The van der Waals surface area contributed by atoms with Crippen LogP contribution in [0.3, 0.4) is 0 Å². The first-order valence-corrected chi connectivity index (χ1v) is 6.87. The third kappa shape index (κ3) is 2.98. The van der Waals surface area contributed by atoms with E-state index in [-0.39, 0.29) is 12.3 Å². The topological polar surface area (TPSA) is 88.0 Å². The van der Waals surface area contributed by atoms with Crippen LogP contribution in [0.25, 0.3) is 10.9 Å². The summed E-state index contributed by atoms with van der Waals surface area (Å²) in [5, 5.41) is 3.46. The minimum atomic E-state index is -0.425.